The number of hydrogen-bond donors (Lipinski definition) is 1. The number of sulfonamides is 1. The molecule has 3 rings (SSSR count). The fourth-order valence-corrected chi connectivity index (χ4v) is 4.65. The van der Waals surface area contributed by atoms with Crippen LogP contribution in [0.15, 0.2) is 23.1 Å². The first kappa shape index (κ1) is 13.1. The molecule has 1 unspecified atom stereocenters. The molecule has 1 saturated heterocycles. The zero-order valence-electron chi connectivity index (χ0n) is 11.0. The maximum absolute atomic E-state index is 12.6. The second kappa shape index (κ2) is 4.89. The Hall–Kier alpha value is -0.910. The van der Waals surface area contributed by atoms with Gasteiger partial charge in [-0.15, -0.1) is 0 Å². The molecule has 2 aliphatic rings. The molecule has 2 N–H and O–H groups in total. The van der Waals surface area contributed by atoms with Gasteiger partial charge in [0.15, 0.2) is 0 Å². The number of aryl methyl sites for hydroxylation is 2. The summed E-state index contributed by atoms with van der Waals surface area (Å²) in [4.78, 5) is 0.450. The minimum Gasteiger partial charge on any atom is -0.330 e. The van der Waals surface area contributed by atoms with E-state index >= 15 is 0 Å². The number of nitrogens with two attached hydrogens (primary N) is 1. The van der Waals surface area contributed by atoms with Crippen molar-refractivity contribution >= 4 is 10.0 Å². The van der Waals surface area contributed by atoms with E-state index in [-0.39, 0.29) is 0 Å². The highest BCUT2D eigenvalue weighted by Gasteiger charge is 2.32. The lowest BCUT2D eigenvalue weighted by molar-refractivity contribution is 0.459. The van der Waals surface area contributed by atoms with Crippen molar-refractivity contribution in [2.45, 2.75) is 30.6 Å². The third kappa shape index (κ3) is 2.30. The zero-order chi connectivity index (χ0) is 13.5. The van der Waals surface area contributed by atoms with Crippen LogP contribution >= 0.6 is 0 Å². The van der Waals surface area contributed by atoms with Crippen molar-refractivity contribution in [2.24, 2.45) is 11.7 Å². The van der Waals surface area contributed by atoms with Crippen molar-refractivity contribution in [3.05, 3.63) is 29.3 Å². The van der Waals surface area contributed by atoms with Crippen LogP contribution in [0.25, 0.3) is 0 Å². The summed E-state index contributed by atoms with van der Waals surface area (Å²) in [6.45, 7) is 1.73. The maximum Gasteiger partial charge on any atom is 0.243 e. The molecule has 1 heterocycles. The van der Waals surface area contributed by atoms with Gasteiger partial charge in [0.05, 0.1) is 4.90 Å². The van der Waals surface area contributed by atoms with E-state index in [1.807, 2.05) is 12.1 Å². The van der Waals surface area contributed by atoms with Crippen LogP contribution in [0, 0.1) is 5.92 Å². The molecule has 4 nitrogen and oxygen atoms in total. The van der Waals surface area contributed by atoms with Gasteiger partial charge in [0.1, 0.15) is 0 Å². The van der Waals surface area contributed by atoms with E-state index in [4.69, 9.17) is 5.73 Å². The molecule has 0 spiro atoms. The average Bonchev–Trinajstić information content (AvgIpc) is 3.06. The minimum absolute atomic E-state index is 0.309. The Balaban J connectivity index is 1.88. The van der Waals surface area contributed by atoms with Crippen LogP contribution in [-0.2, 0) is 22.9 Å². The van der Waals surface area contributed by atoms with E-state index in [1.165, 1.54) is 11.1 Å². The fourth-order valence-electron chi connectivity index (χ4n) is 3.07. The summed E-state index contributed by atoms with van der Waals surface area (Å²) in [5.41, 5.74) is 8.14. The summed E-state index contributed by atoms with van der Waals surface area (Å²) < 4.78 is 26.7. The molecule has 19 heavy (non-hydrogen) atoms. The van der Waals surface area contributed by atoms with Crippen LogP contribution in [0.1, 0.15) is 24.0 Å². The number of nitrogens with zero attached hydrogens (tertiary/aromatic N) is 1. The van der Waals surface area contributed by atoms with Crippen LogP contribution in [-0.4, -0.2) is 32.4 Å². The normalized spacial score (nSPS) is 23.7. The van der Waals surface area contributed by atoms with Gasteiger partial charge in [-0.05, 0) is 61.4 Å². The maximum atomic E-state index is 12.6. The van der Waals surface area contributed by atoms with Gasteiger partial charge in [0.2, 0.25) is 10.0 Å². The molecule has 0 amide bonds. The van der Waals surface area contributed by atoms with Crippen LogP contribution in [0.4, 0.5) is 0 Å². The first-order valence-electron chi connectivity index (χ1n) is 6.93. The summed E-state index contributed by atoms with van der Waals surface area (Å²) in [7, 11) is -3.33. The van der Waals surface area contributed by atoms with Gasteiger partial charge in [-0.1, -0.05) is 6.07 Å². The van der Waals surface area contributed by atoms with Crippen molar-refractivity contribution in [3.63, 3.8) is 0 Å². The van der Waals surface area contributed by atoms with Gasteiger partial charge in [-0.25, -0.2) is 8.42 Å². The number of rotatable bonds is 3. The van der Waals surface area contributed by atoms with E-state index in [9.17, 15) is 8.42 Å². The first-order valence-corrected chi connectivity index (χ1v) is 8.37. The van der Waals surface area contributed by atoms with Gasteiger partial charge in [0, 0.05) is 13.1 Å². The number of benzene rings is 1. The van der Waals surface area contributed by atoms with Gasteiger partial charge in [-0.3, -0.25) is 0 Å². The largest absolute Gasteiger partial charge is 0.330 e. The SMILES string of the molecule is NCC1CCN(S(=O)(=O)c2ccc3c(c2)CCC3)C1. The molecular formula is C14H20N2O2S. The Morgan fingerprint density at radius 1 is 1.26 bits per heavy atom. The topological polar surface area (TPSA) is 63.4 Å². The van der Waals surface area contributed by atoms with Gasteiger partial charge in [0.25, 0.3) is 0 Å². The zero-order valence-corrected chi connectivity index (χ0v) is 11.8. The second-order valence-electron chi connectivity index (χ2n) is 5.54. The Morgan fingerprint density at radius 3 is 2.79 bits per heavy atom. The summed E-state index contributed by atoms with van der Waals surface area (Å²) in [6, 6.07) is 5.61. The van der Waals surface area contributed by atoms with Crippen molar-refractivity contribution in [1.29, 1.82) is 0 Å². The Bertz CT molecular complexity index is 583. The van der Waals surface area contributed by atoms with Crippen molar-refractivity contribution in [1.82, 2.24) is 4.31 Å². The number of fused-ring (bicyclic) bond motifs is 1. The molecular weight excluding hydrogens is 260 g/mol. The molecule has 0 bridgehead atoms. The molecule has 1 aromatic rings. The molecule has 5 heteroatoms. The van der Waals surface area contributed by atoms with E-state index in [1.54, 1.807) is 10.4 Å². The molecule has 0 aromatic heterocycles. The van der Waals surface area contributed by atoms with Crippen molar-refractivity contribution in [3.8, 4) is 0 Å². The highest BCUT2D eigenvalue weighted by molar-refractivity contribution is 7.89. The first-order chi connectivity index (χ1) is 9.11. The smallest absolute Gasteiger partial charge is 0.243 e. The van der Waals surface area contributed by atoms with Crippen molar-refractivity contribution in [2.75, 3.05) is 19.6 Å². The van der Waals surface area contributed by atoms with E-state index < -0.39 is 10.0 Å². The molecule has 1 fully saturated rings. The Kier molecular flexibility index (Phi) is 3.37. The standard InChI is InChI=1S/C14H20N2O2S/c15-9-11-6-7-16(10-11)19(17,18)14-5-4-12-2-1-3-13(12)8-14/h4-5,8,11H,1-3,6-7,9-10,15H2. The third-order valence-corrected chi connectivity index (χ3v) is 6.15. The highest BCUT2D eigenvalue weighted by Crippen LogP contribution is 2.28. The van der Waals surface area contributed by atoms with Crippen LogP contribution in [0.2, 0.25) is 0 Å². The Labute approximate surface area is 114 Å². The number of hydrogen-bond acceptors (Lipinski definition) is 3. The predicted molar refractivity (Wildman–Crippen MR) is 74.4 cm³/mol. The van der Waals surface area contributed by atoms with Crippen LogP contribution < -0.4 is 5.73 Å². The lowest BCUT2D eigenvalue weighted by Crippen LogP contribution is -2.30. The quantitative estimate of drug-likeness (QED) is 0.903. The van der Waals surface area contributed by atoms with Crippen molar-refractivity contribution < 1.29 is 8.42 Å². The summed E-state index contributed by atoms with van der Waals surface area (Å²) in [5, 5.41) is 0. The van der Waals surface area contributed by atoms with Gasteiger partial charge in [-0.2, -0.15) is 4.31 Å². The summed E-state index contributed by atoms with van der Waals surface area (Å²) >= 11 is 0. The summed E-state index contributed by atoms with van der Waals surface area (Å²) in [5.74, 6) is 0.309. The molecule has 1 aromatic carbocycles. The molecule has 1 aliphatic carbocycles. The predicted octanol–water partition coefficient (Wildman–Crippen LogP) is 1.14. The molecule has 0 saturated carbocycles. The lowest BCUT2D eigenvalue weighted by atomic mass is 10.1. The summed E-state index contributed by atoms with van der Waals surface area (Å²) in [6.07, 6.45) is 4.09. The minimum atomic E-state index is -3.33. The van der Waals surface area contributed by atoms with Gasteiger partial charge < -0.3 is 5.73 Å². The molecule has 1 aliphatic heterocycles. The van der Waals surface area contributed by atoms with E-state index in [0.717, 1.165) is 25.7 Å². The molecule has 104 valence electrons. The van der Waals surface area contributed by atoms with E-state index in [2.05, 4.69) is 0 Å². The van der Waals surface area contributed by atoms with Gasteiger partial charge >= 0.3 is 0 Å². The Morgan fingerprint density at radius 2 is 2.05 bits per heavy atom. The lowest BCUT2D eigenvalue weighted by Gasteiger charge is -2.17. The third-order valence-electron chi connectivity index (χ3n) is 4.29. The highest BCUT2D eigenvalue weighted by atomic mass is 32.2. The van der Waals surface area contributed by atoms with E-state index in [0.29, 0.717) is 30.4 Å². The van der Waals surface area contributed by atoms with Crippen LogP contribution in [0.5, 0.6) is 0 Å². The molecule has 0 radical (unpaired) electrons. The average molecular weight is 280 g/mol. The second-order valence-corrected chi connectivity index (χ2v) is 7.48. The fraction of sp³-hybridized carbons (Fsp3) is 0.571. The van der Waals surface area contributed by atoms with Crippen LogP contribution in [0.3, 0.4) is 0 Å². The monoisotopic (exact) mass is 280 g/mol. The molecule has 1 atom stereocenters.